The van der Waals surface area contributed by atoms with Crippen LogP contribution in [-0.4, -0.2) is 19.3 Å². The number of nitrogens with zero attached hydrogens (tertiary/aromatic N) is 4. The maximum absolute atomic E-state index is 6.39. The smallest absolute Gasteiger partial charge is 0.158 e. The number of hydrogen-bond acceptors (Lipinski definition) is 2. The summed E-state index contributed by atoms with van der Waals surface area (Å²) in [6, 6.07) is 0. The molecule has 0 saturated heterocycles. The molecule has 1 aliphatic carbocycles. The molecule has 2 aromatic rings. The number of alkyl halides is 1. The van der Waals surface area contributed by atoms with Crippen molar-refractivity contribution in [2.45, 2.75) is 65.4 Å². The predicted octanol–water partition coefficient (Wildman–Crippen LogP) is 4.30. The minimum Gasteiger partial charge on any atom is -0.311 e. The second-order valence-electron chi connectivity index (χ2n) is 6.55. The van der Waals surface area contributed by atoms with Crippen molar-refractivity contribution in [2.75, 3.05) is 0 Å². The number of aryl methyl sites for hydroxylation is 2. The molecule has 0 radical (unpaired) electrons. The molecule has 0 bridgehead atoms. The topological polar surface area (TPSA) is 35.6 Å². The number of rotatable bonds is 4. The SMILES string of the molecule is CCn1nc(C)c2nc(C(C)Cl)n(CC3CCC(C)C3)c21. The van der Waals surface area contributed by atoms with Gasteiger partial charge in [-0.05, 0) is 45.4 Å². The predicted molar refractivity (Wildman–Crippen MR) is 86.7 cm³/mol. The molecular formula is C16H25ClN4. The largest absolute Gasteiger partial charge is 0.311 e. The van der Waals surface area contributed by atoms with E-state index in [1.807, 2.05) is 13.8 Å². The maximum Gasteiger partial charge on any atom is 0.158 e. The lowest BCUT2D eigenvalue weighted by Gasteiger charge is -2.16. The fourth-order valence-electron chi connectivity index (χ4n) is 3.69. The molecule has 1 saturated carbocycles. The summed E-state index contributed by atoms with van der Waals surface area (Å²) in [4.78, 5) is 4.79. The van der Waals surface area contributed by atoms with Crippen LogP contribution in [0.1, 0.15) is 56.9 Å². The number of halogens is 1. The van der Waals surface area contributed by atoms with Gasteiger partial charge in [0.15, 0.2) is 5.65 Å². The highest BCUT2D eigenvalue weighted by atomic mass is 35.5. The van der Waals surface area contributed by atoms with E-state index in [9.17, 15) is 0 Å². The van der Waals surface area contributed by atoms with Crippen LogP contribution >= 0.6 is 11.6 Å². The van der Waals surface area contributed by atoms with Crippen LogP contribution in [0.5, 0.6) is 0 Å². The third-order valence-electron chi connectivity index (χ3n) is 4.73. The van der Waals surface area contributed by atoms with Crippen molar-refractivity contribution in [2.24, 2.45) is 11.8 Å². The Morgan fingerprint density at radius 1 is 1.38 bits per heavy atom. The Balaban J connectivity index is 2.06. The Labute approximate surface area is 131 Å². The van der Waals surface area contributed by atoms with Crippen LogP contribution in [0.2, 0.25) is 0 Å². The lowest BCUT2D eigenvalue weighted by atomic mass is 10.1. The number of hydrogen-bond donors (Lipinski definition) is 0. The Hall–Kier alpha value is -1.03. The van der Waals surface area contributed by atoms with Crippen LogP contribution < -0.4 is 0 Å². The summed E-state index contributed by atoms with van der Waals surface area (Å²) in [5.74, 6) is 2.59. The lowest BCUT2D eigenvalue weighted by Crippen LogP contribution is -2.14. The fraction of sp³-hybridized carbons (Fsp3) is 0.750. The van der Waals surface area contributed by atoms with Gasteiger partial charge in [0.05, 0.1) is 11.1 Å². The molecule has 5 heteroatoms. The van der Waals surface area contributed by atoms with E-state index in [1.165, 1.54) is 19.3 Å². The summed E-state index contributed by atoms with van der Waals surface area (Å²) in [7, 11) is 0. The monoisotopic (exact) mass is 308 g/mol. The zero-order valence-corrected chi connectivity index (χ0v) is 14.2. The molecule has 0 spiro atoms. The lowest BCUT2D eigenvalue weighted by molar-refractivity contribution is 0.433. The molecule has 2 heterocycles. The highest BCUT2D eigenvalue weighted by Crippen LogP contribution is 2.34. The van der Waals surface area contributed by atoms with Crippen LogP contribution in [0.3, 0.4) is 0 Å². The van der Waals surface area contributed by atoms with Crippen molar-refractivity contribution in [3.63, 3.8) is 0 Å². The molecule has 4 nitrogen and oxygen atoms in total. The highest BCUT2D eigenvalue weighted by molar-refractivity contribution is 6.20. The second-order valence-corrected chi connectivity index (χ2v) is 7.21. The minimum atomic E-state index is -0.0686. The molecule has 1 fully saturated rings. The first-order chi connectivity index (χ1) is 10.0. The Morgan fingerprint density at radius 2 is 2.14 bits per heavy atom. The van der Waals surface area contributed by atoms with Crippen LogP contribution in [0.15, 0.2) is 0 Å². The normalized spacial score (nSPS) is 24.0. The molecule has 3 rings (SSSR count). The van der Waals surface area contributed by atoms with E-state index in [0.29, 0.717) is 0 Å². The van der Waals surface area contributed by atoms with Gasteiger partial charge in [-0.2, -0.15) is 5.10 Å². The summed E-state index contributed by atoms with van der Waals surface area (Å²) in [5.41, 5.74) is 3.17. The van der Waals surface area contributed by atoms with E-state index >= 15 is 0 Å². The Kier molecular flexibility index (Phi) is 4.00. The summed E-state index contributed by atoms with van der Waals surface area (Å²) in [6.45, 7) is 10.4. The van der Waals surface area contributed by atoms with Gasteiger partial charge in [0.25, 0.3) is 0 Å². The second kappa shape index (κ2) is 5.64. The van der Waals surface area contributed by atoms with E-state index in [0.717, 1.165) is 47.6 Å². The van der Waals surface area contributed by atoms with Crippen LogP contribution in [0.25, 0.3) is 11.2 Å². The summed E-state index contributed by atoms with van der Waals surface area (Å²) >= 11 is 6.39. The standard InChI is InChI=1S/C16H25ClN4/c1-5-21-16-14(12(4)19-21)18-15(11(3)17)20(16)9-13-7-6-10(2)8-13/h10-11,13H,5-9H2,1-4H3. The van der Waals surface area contributed by atoms with Gasteiger partial charge in [0.2, 0.25) is 0 Å². The number of imidazole rings is 1. The van der Waals surface area contributed by atoms with Gasteiger partial charge >= 0.3 is 0 Å². The number of fused-ring (bicyclic) bond motifs is 1. The van der Waals surface area contributed by atoms with Crippen molar-refractivity contribution >= 4 is 22.8 Å². The summed E-state index contributed by atoms with van der Waals surface area (Å²) in [5, 5.41) is 4.54. The quantitative estimate of drug-likeness (QED) is 0.790. The first kappa shape index (κ1) is 14.9. The average molecular weight is 309 g/mol. The molecule has 3 atom stereocenters. The van der Waals surface area contributed by atoms with Crippen LogP contribution in [0.4, 0.5) is 0 Å². The van der Waals surface area contributed by atoms with Crippen LogP contribution in [0, 0.1) is 18.8 Å². The molecule has 3 unspecified atom stereocenters. The molecule has 2 aromatic heterocycles. The third kappa shape index (κ3) is 2.59. The van der Waals surface area contributed by atoms with Gasteiger partial charge in [-0.25, -0.2) is 9.67 Å². The summed E-state index contributed by atoms with van der Waals surface area (Å²) in [6.07, 6.45) is 3.98. The first-order valence-corrected chi connectivity index (χ1v) is 8.52. The van der Waals surface area contributed by atoms with Gasteiger partial charge < -0.3 is 4.57 Å². The Bertz CT molecular complexity index is 640. The zero-order valence-electron chi connectivity index (χ0n) is 13.4. The van der Waals surface area contributed by atoms with Crippen molar-refractivity contribution in [3.05, 3.63) is 11.5 Å². The van der Waals surface area contributed by atoms with E-state index in [-0.39, 0.29) is 5.38 Å². The molecule has 0 N–H and O–H groups in total. The van der Waals surface area contributed by atoms with Crippen LogP contribution in [-0.2, 0) is 13.1 Å². The molecule has 21 heavy (non-hydrogen) atoms. The Morgan fingerprint density at radius 3 is 2.71 bits per heavy atom. The molecular weight excluding hydrogens is 284 g/mol. The average Bonchev–Trinajstić information content (AvgIpc) is 3.08. The van der Waals surface area contributed by atoms with Crippen molar-refractivity contribution in [3.8, 4) is 0 Å². The molecule has 1 aliphatic rings. The van der Waals surface area contributed by atoms with Gasteiger partial charge in [0, 0.05) is 13.1 Å². The third-order valence-corrected chi connectivity index (χ3v) is 4.92. The molecule has 0 amide bonds. The summed E-state index contributed by atoms with van der Waals surface area (Å²) < 4.78 is 4.40. The number of aromatic nitrogens is 4. The van der Waals surface area contributed by atoms with Gasteiger partial charge in [-0.15, -0.1) is 11.6 Å². The molecule has 0 aliphatic heterocycles. The zero-order chi connectivity index (χ0) is 15.1. The van der Waals surface area contributed by atoms with E-state index in [2.05, 4.69) is 28.2 Å². The van der Waals surface area contributed by atoms with Crippen molar-refractivity contribution in [1.82, 2.24) is 19.3 Å². The fourth-order valence-corrected chi connectivity index (χ4v) is 3.86. The van der Waals surface area contributed by atoms with E-state index in [4.69, 9.17) is 16.6 Å². The first-order valence-electron chi connectivity index (χ1n) is 8.08. The maximum atomic E-state index is 6.39. The van der Waals surface area contributed by atoms with Gasteiger partial charge in [0.1, 0.15) is 11.3 Å². The van der Waals surface area contributed by atoms with E-state index in [1.54, 1.807) is 0 Å². The van der Waals surface area contributed by atoms with Gasteiger partial charge in [-0.3, -0.25) is 0 Å². The minimum absolute atomic E-state index is 0.0686. The molecule has 116 valence electrons. The highest BCUT2D eigenvalue weighted by Gasteiger charge is 2.26. The van der Waals surface area contributed by atoms with Gasteiger partial charge in [-0.1, -0.05) is 13.3 Å². The van der Waals surface area contributed by atoms with E-state index < -0.39 is 0 Å². The van der Waals surface area contributed by atoms with Crippen molar-refractivity contribution < 1.29 is 0 Å². The molecule has 0 aromatic carbocycles. The van der Waals surface area contributed by atoms with Crippen molar-refractivity contribution in [1.29, 1.82) is 0 Å².